The summed E-state index contributed by atoms with van der Waals surface area (Å²) in [6.07, 6.45) is 2.20. The number of nitro benzene ring substituents is 1. The number of hydrogen-bond acceptors (Lipinski definition) is 9. The smallest absolute Gasteiger partial charge is 0.331 e. The van der Waals surface area contributed by atoms with Crippen LogP contribution in [0.5, 0.6) is 0 Å². The van der Waals surface area contributed by atoms with Crippen molar-refractivity contribution in [2.45, 2.75) is 11.8 Å². The molecule has 0 aromatic heterocycles. The normalized spacial score (nSPS) is 11.7. The van der Waals surface area contributed by atoms with Crippen molar-refractivity contribution >= 4 is 37.3 Å². The van der Waals surface area contributed by atoms with Crippen LogP contribution in [0.25, 0.3) is 0 Å². The number of benzene rings is 1. The summed E-state index contributed by atoms with van der Waals surface area (Å²) < 4.78 is 48.5. The van der Waals surface area contributed by atoms with E-state index >= 15 is 0 Å². The number of sulfone groups is 2. The molecule has 1 rings (SSSR count). The van der Waals surface area contributed by atoms with E-state index in [0.717, 1.165) is 19.4 Å². The Morgan fingerprint density at radius 3 is 2.11 bits per heavy atom. The number of carbonyl (C=O) groups is 2. The first-order chi connectivity index (χ1) is 12.7. The van der Waals surface area contributed by atoms with Crippen LogP contribution in [-0.2, 0) is 34.0 Å². The highest BCUT2D eigenvalue weighted by Gasteiger charge is 2.24. The lowest BCUT2D eigenvalue weighted by Crippen LogP contribution is -2.04. The van der Waals surface area contributed by atoms with Gasteiger partial charge in [-0.2, -0.15) is 0 Å². The molecule has 0 atom stereocenters. The van der Waals surface area contributed by atoms with E-state index in [2.05, 4.69) is 4.74 Å². The fourth-order valence-electron chi connectivity index (χ4n) is 1.47. The second-order valence-corrected chi connectivity index (χ2v) is 8.80. The van der Waals surface area contributed by atoms with E-state index in [1.54, 1.807) is 6.92 Å². The number of carboxylic acid groups (broad SMARTS) is 1. The van der Waals surface area contributed by atoms with Gasteiger partial charge in [-0.3, -0.25) is 10.1 Å². The number of methoxy groups -OCH3 is 1. The zero-order valence-electron chi connectivity index (χ0n) is 14.9. The van der Waals surface area contributed by atoms with Crippen molar-refractivity contribution in [1.82, 2.24) is 0 Å². The average molecular weight is 435 g/mol. The molecule has 0 heterocycles. The Morgan fingerprint density at radius 1 is 1.14 bits per heavy atom. The van der Waals surface area contributed by atoms with E-state index < -0.39 is 47.1 Å². The van der Waals surface area contributed by atoms with Crippen molar-refractivity contribution in [2.24, 2.45) is 0 Å². The molecule has 0 unspecified atom stereocenters. The molecule has 0 saturated heterocycles. The molecular formula is C15H17NO10S2. The van der Waals surface area contributed by atoms with E-state index in [4.69, 9.17) is 5.11 Å². The molecule has 1 aromatic carbocycles. The molecule has 13 heteroatoms. The molecule has 154 valence electrons. The quantitative estimate of drug-likeness (QED) is 0.293. The van der Waals surface area contributed by atoms with Gasteiger partial charge in [0.05, 0.1) is 12.0 Å². The van der Waals surface area contributed by atoms with Gasteiger partial charge < -0.3 is 9.84 Å². The number of rotatable bonds is 6. The van der Waals surface area contributed by atoms with Crippen LogP contribution in [0.4, 0.5) is 5.69 Å². The highest BCUT2D eigenvalue weighted by atomic mass is 32.2. The standard InChI is InChI=1S/C11H11NO6S.C4H6O4S/c1-8-3-4-9(12(14)15)10(7-8)19(16,17)6-5-11(13)18-2;1-9(7,8)3-2-4(5)6/h3-7H,1-2H3;2-3H,1H3,(H,5,6)/b6-5+;3-2+. The first-order valence-electron chi connectivity index (χ1n) is 7.07. The molecule has 1 aromatic rings. The minimum atomic E-state index is -4.09. The maximum atomic E-state index is 11.9. The molecule has 0 aliphatic carbocycles. The summed E-state index contributed by atoms with van der Waals surface area (Å²) >= 11 is 0. The lowest BCUT2D eigenvalue weighted by atomic mass is 10.2. The third-order valence-electron chi connectivity index (χ3n) is 2.66. The van der Waals surface area contributed by atoms with E-state index in [9.17, 15) is 36.5 Å². The van der Waals surface area contributed by atoms with Gasteiger partial charge in [0.25, 0.3) is 5.69 Å². The minimum absolute atomic E-state index is 0.461. The van der Waals surface area contributed by atoms with Crippen molar-refractivity contribution < 1.29 is 41.2 Å². The van der Waals surface area contributed by atoms with E-state index in [1.165, 1.54) is 12.1 Å². The number of carboxylic acids is 1. The van der Waals surface area contributed by atoms with Crippen molar-refractivity contribution in [1.29, 1.82) is 0 Å². The van der Waals surface area contributed by atoms with Gasteiger partial charge in [0.1, 0.15) is 4.90 Å². The van der Waals surface area contributed by atoms with Crippen LogP contribution in [0.3, 0.4) is 0 Å². The summed E-state index contributed by atoms with van der Waals surface area (Å²) in [4.78, 5) is 30.1. The fraction of sp³-hybridized carbons (Fsp3) is 0.200. The summed E-state index contributed by atoms with van der Waals surface area (Å²) in [5, 5.41) is 19.9. The van der Waals surface area contributed by atoms with Crippen LogP contribution in [0.2, 0.25) is 0 Å². The third kappa shape index (κ3) is 9.59. The van der Waals surface area contributed by atoms with Crippen molar-refractivity contribution in [3.8, 4) is 0 Å². The van der Waals surface area contributed by atoms with Gasteiger partial charge in [0.2, 0.25) is 9.84 Å². The Kier molecular flexibility index (Phi) is 9.19. The lowest BCUT2D eigenvalue weighted by Gasteiger charge is -2.02. The predicted octanol–water partition coefficient (Wildman–Crippen LogP) is 0.993. The molecule has 0 spiro atoms. The molecule has 0 fully saturated rings. The first kappa shape index (κ1) is 24.9. The maximum Gasteiger partial charge on any atom is 0.331 e. The topological polar surface area (TPSA) is 175 Å². The average Bonchev–Trinajstić information content (AvgIpc) is 2.57. The van der Waals surface area contributed by atoms with Crippen molar-refractivity contribution in [3.63, 3.8) is 0 Å². The number of nitrogens with zero attached hydrogens (tertiary/aromatic N) is 1. The van der Waals surface area contributed by atoms with Gasteiger partial charge in [-0.05, 0) is 18.6 Å². The van der Waals surface area contributed by atoms with Crippen LogP contribution < -0.4 is 0 Å². The number of aryl methyl sites for hydroxylation is 1. The predicted molar refractivity (Wildman–Crippen MR) is 97.8 cm³/mol. The van der Waals surface area contributed by atoms with Gasteiger partial charge in [-0.25, -0.2) is 26.4 Å². The second kappa shape index (κ2) is 10.3. The first-order valence-corrected chi connectivity index (χ1v) is 10.6. The Bertz CT molecular complexity index is 1020. The highest BCUT2D eigenvalue weighted by molar-refractivity contribution is 7.94. The van der Waals surface area contributed by atoms with Crippen LogP contribution in [0, 0.1) is 17.0 Å². The zero-order chi connectivity index (χ0) is 22.1. The highest BCUT2D eigenvalue weighted by Crippen LogP contribution is 2.26. The Hall–Kier alpha value is -3.06. The molecular weight excluding hydrogens is 418 g/mol. The Morgan fingerprint density at radius 2 is 1.71 bits per heavy atom. The fourth-order valence-corrected chi connectivity index (χ4v) is 3.05. The van der Waals surface area contributed by atoms with Gasteiger partial charge in [0, 0.05) is 35.3 Å². The second-order valence-electron chi connectivity index (χ2n) is 5.07. The number of hydrogen-bond donors (Lipinski definition) is 1. The number of esters is 1. The maximum absolute atomic E-state index is 11.9. The number of nitro groups is 1. The summed E-state index contributed by atoms with van der Waals surface area (Å²) in [6.45, 7) is 1.60. The minimum Gasteiger partial charge on any atom is -0.478 e. The van der Waals surface area contributed by atoms with Crippen LogP contribution in [-0.4, -0.2) is 52.2 Å². The molecule has 0 aliphatic heterocycles. The molecule has 0 bridgehead atoms. The summed E-state index contributed by atoms with van der Waals surface area (Å²) in [5.74, 6) is -2.13. The lowest BCUT2D eigenvalue weighted by molar-refractivity contribution is -0.387. The molecule has 1 N–H and O–H groups in total. The van der Waals surface area contributed by atoms with Crippen molar-refractivity contribution in [3.05, 3.63) is 56.8 Å². The van der Waals surface area contributed by atoms with Crippen LogP contribution in [0.1, 0.15) is 5.56 Å². The van der Waals surface area contributed by atoms with Crippen LogP contribution >= 0.6 is 0 Å². The van der Waals surface area contributed by atoms with Crippen LogP contribution in [0.15, 0.2) is 46.1 Å². The number of aliphatic carboxylic acids is 1. The molecule has 0 aliphatic rings. The van der Waals surface area contributed by atoms with Gasteiger partial charge in [-0.1, -0.05) is 6.07 Å². The number of ether oxygens (including phenoxy) is 1. The zero-order valence-corrected chi connectivity index (χ0v) is 16.6. The monoisotopic (exact) mass is 435 g/mol. The van der Waals surface area contributed by atoms with Gasteiger partial charge >= 0.3 is 11.9 Å². The third-order valence-corrected chi connectivity index (χ3v) is 4.73. The molecule has 0 radical (unpaired) electrons. The van der Waals surface area contributed by atoms with Gasteiger partial charge in [0.15, 0.2) is 9.84 Å². The van der Waals surface area contributed by atoms with E-state index in [1.807, 2.05) is 0 Å². The summed E-state index contributed by atoms with van der Waals surface area (Å²) in [5.41, 5.74) is 0.00996. The molecule has 28 heavy (non-hydrogen) atoms. The van der Waals surface area contributed by atoms with Gasteiger partial charge in [-0.15, -0.1) is 0 Å². The summed E-state index contributed by atoms with van der Waals surface area (Å²) in [6, 6.07) is 3.71. The molecule has 11 nitrogen and oxygen atoms in total. The SMILES string of the molecule is COC(=O)/C=C/S(=O)(=O)c1cc(C)ccc1[N+](=O)[O-].CS(=O)(=O)/C=C/C(=O)O. The number of carbonyl (C=O) groups excluding carboxylic acids is 1. The Labute approximate surface area is 160 Å². The summed E-state index contributed by atoms with van der Waals surface area (Å²) in [7, 11) is -6.28. The Balaban J connectivity index is 0.000000684. The van der Waals surface area contributed by atoms with E-state index in [0.29, 0.717) is 28.5 Å². The molecule has 0 amide bonds. The molecule has 0 saturated carbocycles. The largest absolute Gasteiger partial charge is 0.478 e. The van der Waals surface area contributed by atoms with E-state index in [-0.39, 0.29) is 0 Å². The van der Waals surface area contributed by atoms with Crippen molar-refractivity contribution in [2.75, 3.05) is 13.4 Å².